The van der Waals surface area contributed by atoms with E-state index in [2.05, 4.69) is 36.1 Å². The van der Waals surface area contributed by atoms with Crippen molar-refractivity contribution in [2.75, 3.05) is 6.54 Å². The van der Waals surface area contributed by atoms with Crippen LogP contribution in [0.4, 0.5) is 26.3 Å². The first-order valence-electron chi connectivity index (χ1n) is 12.1. The lowest BCUT2D eigenvalue weighted by atomic mass is 9.95. The van der Waals surface area contributed by atoms with Crippen molar-refractivity contribution in [3.8, 4) is 11.4 Å². The predicted octanol–water partition coefficient (Wildman–Crippen LogP) is 4.25. The van der Waals surface area contributed by atoms with Crippen LogP contribution in [0.15, 0.2) is 35.0 Å². The Labute approximate surface area is 233 Å². The van der Waals surface area contributed by atoms with E-state index in [0.29, 0.717) is 18.1 Å². The Hall–Kier alpha value is -4.54. The summed E-state index contributed by atoms with van der Waals surface area (Å²) < 4.78 is 71.2. The van der Waals surface area contributed by atoms with Crippen molar-refractivity contribution in [2.24, 2.45) is 0 Å². The Bertz CT molecular complexity index is 1540. The van der Waals surface area contributed by atoms with Crippen LogP contribution >= 0.6 is 0 Å². The summed E-state index contributed by atoms with van der Waals surface area (Å²) in [6.45, 7) is 6.59. The average Bonchev–Trinajstić information content (AvgIpc) is 3.50. The van der Waals surface area contributed by atoms with Crippen LogP contribution in [0, 0.1) is 13.8 Å². The SMILES string of the molecule is Cc1ncc2c(c1-c1noc(CCn3c(C)nc4ccccc43)n1)CCNC2.O=C(O)C(F)(F)F.O=C(O)C(F)(F)F. The summed E-state index contributed by atoms with van der Waals surface area (Å²) >= 11 is 0. The number of aryl methyl sites for hydroxylation is 4. The summed E-state index contributed by atoms with van der Waals surface area (Å²) in [5.41, 5.74) is 6.62. The smallest absolute Gasteiger partial charge is 0.475 e. The van der Waals surface area contributed by atoms with Gasteiger partial charge in [0, 0.05) is 37.0 Å². The largest absolute Gasteiger partial charge is 0.490 e. The molecule has 226 valence electrons. The van der Waals surface area contributed by atoms with Gasteiger partial charge in [0.15, 0.2) is 0 Å². The van der Waals surface area contributed by atoms with Gasteiger partial charge in [-0.3, -0.25) is 4.98 Å². The van der Waals surface area contributed by atoms with Crippen LogP contribution in [0.1, 0.15) is 28.5 Å². The summed E-state index contributed by atoms with van der Waals surface area (Å²) in [6.07, 6.45) is -6.59. The molecule has 0 saturated heterocycles. The third-order valence-corrected chi connectivity index (χ3v) is 5.90. The molecule has 5 rings (SSSR count). The fraction of sp³-hybridized carbons (Fsp3) is 0.360. The number of alkyl halides is 6. The number of nitrogens with zero attached hydrogens (tertiary/aromatic N) is 5. The number of aromatic nitrogens is 5. The van der Waals surface area contributed by atoms with Crippen LogP contribution in [-0.2, 0) is 35.5 Å². The molecule has 0 bridgehead atoms. The van der Waals surface area contributed by atoms with Crippen LogP contribution < -0.4 is 5.32 Å². The summed E-state index contributed by atoms with van der Waals surface area (Å²) in [4.78, 5) is 31.6. The highest BCUT2D eigenvalue weighted by molar-refractivity contribution is 5.76. The van der Waals surface area contributed by atoms with Gasteiger partial charge in [-0.2, -0.15) is 31.3 Å². The Kier molecular flexibility index (Phi) is 9.87. The fourth-order valence-electron chi connectivity index (χ4n) is 4.01. The number of rotatable bonds is 4. The van der Waals surface area contributed by atoms with E-state index in [-0.39, 0.29) is 0 Å². The van der Waals surface area contributed by atoms with Gasteiger partial charge in [-0.05, 0) is 50.1 Å². The molecule has 3 aromatic heterocycles. The summed E-state index contributed by atoms with van der Waals surface area (Å²) in [6, 6.07) is 8.17. The van der Waals surface area contributed by atoms with E-state index in [1.54, 1.807) is 0 Å². The Morgan fingerprint density at radius 3 is 2.26 bits per heavy atom. The quantitative estimate of drug-likeness (QED) is 0.289. The van der Waals surface area contributed by atoms with Crippen molar-refractivity contribution in [2.45, 2.75) is 52.1 Å². The normalized spacial score (nSPS) is 13.0. The first-order chi connectivity index (χ1) is 19.6. The van der Waals surface area contributed by atoms with E-state index in [1.807, 2.05) is 38.2 Å². The van der Waals surface area contributed by atoms with Crippen LogP contribution in [0.3, 0.4) is 0 Å². The van der Waals surface area contributed by atoms with Gasteiger partial charge < -0.3 is 24.6 Å². The highest BCUT2D eigenvalue weighted by Crippen LogP contribution is 2.28. The molecule has 0 fully saturated rings. The number of aliphatic carboxylic acids is 2. The number of nitrogens with one attached hydrogen (secondary N) is 1. The lowest BCUT2D eigenvalue weighted by molar-refractivity contribution is -0.193. The van der Waals surface area contributed by atoms with Crippen molar-refractivity contribution in [1.29, 1.82) is 0 Å². The lowest BCUT2D eigenvalue weighted by Gasteiger charge is -2.19. The minimum absolute atomic E-state index is 0.637. The minimum atomic E-state index is -5.08. The maximum absolute atomic E-state index is 10.6. The molecule has 3 N–H and O–H groups in total. The fourth-order valence-corrected chi connectivity index (χ4v) is 4.01. The molecule has 17 heteroatoms. The second-order valence-corrected chi connectivity index (χ2v) is 8.82. The monoisotopic (exact) mass is 602 g/mol. The molecule has 1 aliphatic rings. The average molecular weight is 602 g/mol. The zero-order valence-corrected chi connectivity index (χ0v) is 22.0. The third kappa shape index (κ3) is 8.02. The number of hydrogen-bond donors (Lipinski definition) is 3. The van der Waals surface area contributed by atoms with Gasteiger partial charge in [0.05, 0.1) is 11.0 Å². The van der Waals surface area contributed by atoms with Crippen LogP contribution in [-0.4, -0.2) is 65.7 Å². The summed E-state index contributed by atoms with van der Waals surface area (Å²) in [5.74, 6) is -3.24. The Morgan fingerprint density at radius 2 is 1.64 bits per heavy atom. The van der Waals surface area contributed by atoms with Crippen molar-refractivity contribution in [3.05, 3.63) is 59.0 Å². The number of carbonyl (C=O) groups is 2. The van der Waals surface area contributed by atoms with Gasteiger partial charge in [-0.25, -0.2) is 14.6 Å². The van der Waals surface area contributed by atoms with E-state index < -0.39 is 24.3 Å². The van der Waals surface area contributed by atoms with E-state index >= 15 is 0 Å². The first-order valence-corrected chi connectivity index (χ1v) is 12.1. The number of imidazole rings is 1. The molecule has 1 aromatic carbocycles. The Morgan fingerprint density at radius 1 is 1.02 bits per heavy atom. The number of benzene rings is 1. The molecule has 0 amide bonds. The van der Waals surface area contributed by atoms with Crippen molar-refractivity contribution < 1.29 is 50.7 Å². The van der Waals surface area contributed by atoms with Crippen molar-refractivity contribution >= 4 is 23.0 Å². The molecule has 0 saturated carbocycles. The Balaban J connectivity index is 0.000000289. The minimum Gasteiger partial charge on any atom is -0.475 e. The van der Waals surface area contributed by atoms with E-state index in [0.717, 1.165) is 54.2 Å². The number of carboxylic acid groups (broad SMARTS) is 2. The molecule has 1 aliphatic heterocycles. The van der Waals surface area contributed by atoms with E-state index in [9.17, 15) is 26.3 Å². The first kappa shape index (κ1) is 32.0. The topological polar surface area (TPSA) is 156 Å². The summed E-state index contributed by atoms with van der Waals surface area (Å²) in [7, 11) is 0. The second kappa shape index (κ2) is 13.0. The van der Waals surface area contributed by atoms with Gasteiger partial charge in [-0.1, -0.05) is 17.3 Å². The van der Waals surface area contributed by atoms with Gasteiger partial charge in [0.2, 0.25) is 11.7 Å². The molecule has 0 unspecified atom stereocenters. The molecular formula is C25H24F6N6O5. The molecular weight excluding hydrogens is 578 g/mol. The van der Waals surface area contributed by atoms with E-state index in [1.165, 1.54) is 11.1 Å². The zero-order chi connectivity index (χ0) is 31.2. The second-order valence-electron chi connectivity index (χ2n) is 8.82. The predicted molar refractivity (Wildman–Crippen MR) is 133 cm³/mol. The number of pyridine rings is 1. The molecule has 0 spiro atoms. The summed E-state index contributed by atoms with van der Waals surface area (Å²) in [5, 5.41) is 21.9. The van der Waals surface area contributed by atoms with Crippen LogP contribution in [0.2, 0.25) is 0 Å². The maximum atomic E-state index is 10.6. The van der Waals surface area contributed by atoms with Gasteiger partial charge >= 0.3 is 24.3 Å². The molecule has 42 heavy (non-hydrogen) atoms. The molecule has 4 aromatic rings. The van der Waals surface area contributed by atoms with Gasteiger partial charge in [-0.15, -0.1) is 0 Å². The molecule has 4 heterocycles. The lowest BCUT2D eigenvalue weighted by Crippen LogP contribution is -2.24. The highest BCUT2D eigenvalue weighted by atomic mass is 19.4. The zero-order valence-electron chi connectivity index (χ0n) is 22.0. The van der Waals surface area contributed by atoms with Crippen LogP contribution in [0.25, 0.3) is 22.4 Å². The molecule has 0 atom stereocenters. The van der Waals surface area contributed by atoms with Crippen molar-refractivity contribution in [3.63, 3.8) is 0 Å². The standard InChI is InChI=1S/C21H22N6O.2C2HF3O2/c1-13-20(16-7-9-22-11-15(16)12-23-13)21-25-19(28-26-21)8-10-27-14(2)24-17-5-3-4-6-18(17)27;2*3-2(4,5)1(6)7/h3-6,12,22H,7-11H2,1-2H3;2*(H,6,7). The molecule has 0 aliphatic carbocycles. The number of fused-ring (bicyclic) bond motifs is 2. The third-order valence-electron chi connectivity index (χ3n) is 5.90. The van der Waals surface area contributed by atoms with Crippen LogP contribution in [0.5, 0.6) is 0 Å². The number of carboxylic acids is 2. The van der Waals surface area contributed by atoms with Gasteiger partial charge in [0.1, 0.15) is 5.82 Å². The maximum Gasteiger partial charge on any atom is 0.490 e. The van der Waals surface area contributed by atoms with Gasteiger partial charge in [0.25, 0.3) is 0 Å². The highest BCUT2D eigenvalue weighted by Gasteiger charge is 2.38. The number of halogens is 6. The van der Waals surface area contributed by atoms with E-state index in [4.69, 9.17) is 24.3 Å². The molecule has 11 nitrogen and oxygen atoms in total. The number of hydrogen-bond acceptors (Lipinski definition) is 8. The van der Waals surface area contributed by atoms with Crippen molar-refractivity contribution in [1.82, 2.24) is 30.0 Å². The number of para-hydroxylation sites is 2. The molecule has 0 radical (unpaired) electrons.